The molecule has 2 fully saturated rings. The summed E-state index contributed by atoms with van der Waals surface area (Å²) in [6.45, 7) is 10.3. The predicted molar refractivity (Wildman–Crippen MR) is 101 cm³/mol. The number of hydrogen-bond acceptors (Lipinski definition) is 4. The van der Waals surface area contributed by atoms with E-state index in [2.05, 4.69) is 18.7 Å². The van der Waals surface area contributed by atoms with Crippen molar-refractivity contribution in [2.45, 2.75) is 97.7 Å². The number of fused-ring (bicyclic) bond motifs is 1. The highest BCUT2D eigenvalue weighted by Gasteiger charge is 2.42. The summed E-state index contributed by atoms with van der Waals surface area (Å²) in [7, 11) is 0. The molecule has 2 aliphatic rings. The van der Waals surface area contributed by atoms with Crippen LogP contribution in [0.15, 0.2) is 0 Å². The molecule has 5 atom stereocenters. The summed E-state index contributed by atoms with van der Waals surface area (Å²) in [4.78, 5) is 25.0. The molecule has 25 heavy (non-hydrogen) atoms. The number of hydrogen-bond donors (Lipinski definition) is 1. The molecule has 0 aromatic rings. The Balaban J connectivity index is 0.000000275. The fourth-order valence-electron chi connectivity index (χ4n) is 4.16. The first-order chi connectivity index (χ1) is 11.8. The second-order valence-corrected chi connectivity index (χ2v) is 7.67. The van der Waals surface area contributed by atoms with Gasteiger partial charge in [-0.1, -0.05) is 33.1 Å². The molecule has 1 heterocycles. The van der Waals surface area contributed by atoms with E-state index in [4.69, 9.17) is 10.5 Å². The van der Waals surface area contributed by atoms with Gasteiger partial charge in [-0.15, -0.1) is 0 Å². The quantitative estimate of drug-likeness (QED) is 0.767. The van der Waals surface area contributed by atoms with E-state index in [1.165, 1.54) is 32.1 Å². The summed E-state index contributed by atoms with van der Waals surface area (Å²) < 4.78 is 4.82. The molecule has 2 rings (SSSR count). The van der Waals surface area contributed by atoms with E-state index in [9.17, 15) is 9.59 Å². The summed E-state index contributed by atoms with van der Waals surface area (Å²) in [6, 6.07) is 0.553. The highest BCUT2D eigenvalue weighted by molar-refractivity contribution is 5.82. The van der Waals surface area contributed by atoms with E-state index in [1.54, 1.807) is 6.92 Å². The number of likely N-dealkylation sites (tertiary alicyclic amines) is 1. The normalized spacial score (nSPS) is 27.6. The number of rotatable bonds is 5. The number of amides is 1. The zero-order valence-corrected chi connectivity index (χ0v) is 16.8. The molecule has 1 aliphatic carbocycles. The first-order valence-electron chi connectivity index (χ1n) is 10.1. The molecule has 146 valence electrons. The zero-order chi connectivity index (χ0) is 19.0. The molecule has 2 N–H and O–H groups in total. The Morgan fingerprint density at radius 3 is 2.40 bits per heavy atom. The Labute approximate surface area is 153 Å². The third kappa shape index (κ3) is 6.28. The molecule has 0 bridgehead atoms. The Morgan fingerprint density at radius 1 is 1.20 bits per heavy atom. The lowest BCUT2D eigenvalue weighted by Crippen LogP contribution is -2.48. The lowest BCUT2D eigenvalue weighted by atomic mass is 9.85. The van der Waals surface area contributed by atoms with E-state index in [0.717, 1.165) is 18.8 Å². The smallest absolute Gasteiger partial charge is 0.308 e. The topological polar surface area (TPSA) is 72.6 Å². The van der Waals surface area contributed by atoms with Crippen molar-refractivity contribution < 1.29 is 14.3 Å². The van der Waals surface area contributed by atoms with Crippen LogP contribution in [-0.4, -0.2) is 41.5 Å². The first-order valence-corrected chi connectivity index (χ1v) is 10.1. The van der Waals surface area contributed by atoms with Crippen molar-refractivity contribution >= 4 is 11.9 Å². The fraction of sp³-hybridized carbons (Fsp3) is 0.900. The zero-order valence-electron chi connectivity index (χ0n) is 16.8. The lowest BCUT2D eigenvalue weighted by molar-refractivity contribution is -0.147. The van der Waals surface area contributed by atoms with Gasteiger partial charge in [-0.2, -0.15) is 0 Å². The Bertz CT molecular complexity index is 425. The molecule has 0 unspecified atom stereocenters. The highest BCUT2D eigenvalue weighted by atomic mass is 16.5. The molecule has 0 aromatic heterocycles. The largest absolute Gasteiger partial charge is 0.466 e. The third-order valence-corrected chi connectivity index (χ3v) is 5.40. The van der Waals surface area contributed by atoms with Crippen LogP contribution in [-0.2, 0) is 14.3 Å². The fourth-order valence-corrected chi connectivity index (χ4v) is 4.16. The van der Waals surface area contributed by atoms with Crippen LogP contribution in [0, 0.1) is 11.8 Å². The van der Waals surface area contributed by atoms with Crippen LogP contribution in [0.25, 0.3) is 0 Å². The van der Waals surface area contributed by atoms with E-state index in [0.29, 0.717) is 18.7 Å². The predicted octanol–water partition coefficient (Wildman–Crippen LogP) is 3.50. The van der Waals surface area contributed by atoms with Gasteiger partial charge < -0.3 is 15.4 Å². The van der Waals surface area contributed by atoms with Gasteiger partial charge in [0.1, 0.15) is 0 Å². The van der Waals surface area contributed by atoms with E-state index >= 15 is 0 Å². The summed E-state index contributed by atoms with van der Waals surface area (Å²) in [6.07, 6.45) is 8.26. The van der Waals surface area contributed by atoms with Crippen LogP contribution in [0.5, 0.6) is 0 Å². The minimum absolute atomic E-state index is 0.0654. The number of carbonyl (C=O) groups excluding carboxylic acids is 2. The van der Waals surface area contributed by atoms with Gasteiger partial charge in [0, 0.05) is 12.1 Å². The van der Waals surface area contributed by atoms with Gasteiger partial charge in [0.25, 0.3) is 0 Å². The van der Waals surface area contributed by atoms with Gasteiger partial charge in [0.15, 0.2) is 0 Å². The van der Waals surface area contributed by atoms with Gasteiger partial charge in [-0.3, -0.25) is 9.59 Å². The highest BCUT2D eigenvalue weighted by Crippen LogP contribution is 2.39. The molecular weight excluding hydrogens is 316 g/mol. The van der Waals surface area contributed by atoms with Crippen molar-refractivity contribution in [2.24, 2.45) is 17.6 Å². The minimum atomic E-state index is -0.340. The van der Waals surface area contributed by atoms with Crippen molar-refractivity contribution in [3.05, 3.63) is 0 Å². The minimum Gasteiger partial charge on any atom is -0.466 e. The van der Waals surface area contributed by atoms with Gasteiger partial charge in [-0.25, -0.2) is 0 Å². The van der Waals surface area contributed by atoms with E-state index in [1.807, 2.05) is 13.8 Å². The molecule has 0 spiro atoms. The summed E-state index contributed by atoms with van der Waals surface area (Å²) in [5, 5.41) is 0. The van der Waals surface area contributed by atoms with Crippen molar-refractivity contribution in [2.75, 3.05) is 6.61 Å². The molecule has 1 amide bonds. The molecule has 5 nitrogen and oxygen atoms in total. The van der Waals surface area contributed by atoms with Crippen LogP contribution in [0.1, 0.15) is 79.6 Å². The average Bonchev–Trinajstić information content (AvgIpc) is 2.90. The van der Waals surface area contributed by atoms with Gasteiger partial charge >= 0.3 is 5.97 Å². The Kier molecular flexibility index (Phi) is 9.47. The van der Waals surface area contributed by atoms with Crippen LogP contribution < -0.4 is 5.73 Å². The van der Waals surface area contributed by atoms with Crippen molar-refractivity contribution in [1.82, 2.24) is 4.90 Å². The second kappa shape index (κ2) is 10.8. The van der Waals surface area contributed by atoms with Gasteiger partial charge in [0.05, 0.1) is 18.6 Å². The van der Waals surface area contributed by atoms with E-state index in [-0.39, 0.29) is 23.8 Å². The van der Waals surface area contributed by atoms with Crippen LogP contribution >= 0.6 is 0 Å². The summed E-state index contributed by atoms with van der Waals surface area (Å²) in [5.74, 6) is 0.905. The maximum atomic E-state index is 12.0. The molecule has 0 radical (unpaired) electrons. The van der Waals surface area contributed by atoms with Crippen molar-refractivity contribution in [3.63, 3.8) is 0 Å². The van der Waals surface area contributed by atoms with Crippen molar-refractivity contribution in [3.8, 4) is 0 Å². The van der Waals surface area contributed by atoms with Gasteiger partial charge in [-0.05, 0) is 52.4 Å². The van der Waals surface area contributed by atoms with Gasteiger partial charge in [0.2, 0.25) is 5.91 Å². The Morgan fingerprint density at radius 2 is 1.84 bits per heavy atom. The lowest BCUT2D eigenvalue weighted by Gasteiger charge is -2.34. The summed E-state index contributed by atoms with van der Waals surface area (Å²) >= 11 is 0. The maximum Gasteiger partial charge on any atom is 0.308 e. The third-order valence-electron chi connectivity index (χ3n) is 5.40. The van der Waals surface area contributed by atoms with Crippen molar-refractivity contribution in [1.29, 1.82) is 0 Å². The second-order valence-electron chi connectivity index (χ2n) is 7.67. The number of carbonyl (C=O) groups is 2. The molecular formula is C20H38N2O3. The Hall–Kier alpha value is -1.10. The molecule has 1 saturated heterocycles. The SMILES string of the molecule is CCC[C@@H](C)C(=O)OCC.C[C@H](N)C(=O)N1[C@H](C)C[C@@H]2CCCC[C@@H]21. The van der Waals surface area contributed by atoms with Crippen LogP contribution in [0.4, 0.5) is 0 Å². The molecule has 0 aromatic carbocycles. The first kappa shape index (κ1) is 21.9. The number of ether oxygens (including phenoxy) is 1. The number of esters is 1. The molecule has 5 heteroatoms. The summed E-state index contributed by atoms with van der Waals surface area (Å²) in [5.41, 5.74) is 5.71. The van der Waals surface area contributed by atoms with E-state index < -0.39 is 0 Å². The number of nitrogens with two attached hydrogens (primary N) is 1. The monoisotopic (exact) mass is 354 g/mol. The number of nitrogens with zero attached hydrogens (tertiary/aromatic N) is 1. The standard InChI is InChI=1S/C12H22N2O.C8H16O2/c1-8-7-10-5-3-4-6-11(10)14(8)12(15)9(2)13;1-4-6-7(3)8(9)10-5-2/h8-11H,3-7,13H2,1-2H3;7H,4-6H2,1-3H3/t8-,9+,10+,11+;7-/m11/s1. The molecule has 1 aliphatic heterocycles. The molecule has 1 saturated carbocycles. The van der Waals surface area contributed by atoms with Crippen LogP contribution in [0.3, 0.4) is 0 Å². The van der Waals surface area contributed by atoms with Crippen LogP contribution in [0.2, 0.25) is 0 Å². The maximum absolute atomic E-state index is 12.0. The average molecular weight is 355 g/mol.